The van der Waals surface area contributed by atoms with Gasteiger partial charge in [-0.2, -0.15) is 0 Å². The fourth-order valence-corrected chi connectivity index (χ4v) is 2.43. The van der Waals surface area contributed by atoms with Gasteiger partial charge in [0.2, 0.25) is 0 Å². The molecule has 1 aliphatic rings. The second-order valence-corrected chi connectivity index (χ2v) is 5.01. The van der Waals surface area contributed by atoms with Gasteiger partial charge in [-0.15, -0.1) is 0 Å². The van der Waals surface area contributed by atoms with Crippen molar-refractivity contribution < 1.29 is 14.3 Å². The Labute approximate surface area is 155 Å². The fraction of sp³-hybridized carbons (Fsp3) is 0.174. The summed E-state index contributed by atoms with van der Waals surface area (Å²) in [5, 5.41) is 0. The standard InChI is InChI=1S/C19H12O3.2C2H6/c20-19(13-6-2-1-3-7-13)14-10-11-17-18(12-14)22-16-9-5-4-8-15(16)21-17;2*1-2/h1-12H;2*1-2H3. The number of ketones is 1. The molecular weight excluding hydrogens is 324 g/mol. The van der Waals surface area contributed by atoms with Crippen molar-refractivity contribution in [3.05, 3.63) is 83.9 Å². The Morgan fingerprint density at radius 2 is 1.08 bits per heavy atom. The van der Waals surface area contributed by atoms with Gasteiger partial charge in [0.25, 0.3) is 0 Å². The van der Waals surface area contributed by atoms with Gasteiger partial charge in [0.1, 0.15) is 0 Å². The van der Waals surface area contributed by atoms with E-state index in [9.17, 15) is 4.79 Å². The van der Waals surface area contributed by atoms with E-state index in [4.69, 9.17) is 9.47 Å². The first-order valence-corrected chi connectivity index (χ1v) is 9.00. The van der Waals surface area contributed by atoms with Crippen molar-refractivity contribution in [1.82, 2.24) is 0 Å². The minimum Gasteiger partial charge on any atom is -0.450 e. The SMILES string of the molecule is CC.CC.O=C(c1ccccc1)c1ccc2c(c1)Oc1ccccc1O2. The second-order valence-electron chi connectivity index (χ2n) is 5.01. The molecule has 1 aliphatic heterocycles. The van der Waals surface area contributed by atoms with E-state index in [1.807, 2.05) is 70.2 Å². The van der Waals surface area contributed by atoms with E-state index < -0.39 is 0 Å². The molecule has 3 heteroatoms. The molecule has 0 aliphatic carbocycles. The monoisotopic (exact) mass is 348 g/mol. The van der Waals surface area contributed by atoms with E-state index in [2.05, 4.69) is 0 Å². The van der Waals surface area contributed by atoms with Crippen LogP contribution in [0.1, 0.15) is 43.6 Å². The Balaban J connectivity index is 0.000000570. The molecule has 26 heavy (non-hydrogen) atoms. The highest BCUT2D eigenvalue weighted by Crippen LogP contribution is 2.45. The molecule has 0 aromatic heterocycles. The molecule has 0 atom stereocenters. The lowest BCUT2D eigenvalue weighted by Crippen LogP contribution is -2.04. The summed E-state index contributed by atoms with van der Waals surface area (Å²) in [6, 6.07) is 21.9. The molecule has 134 valence electrons. The van der Waals surface area contributed by atoms with Crippen LogP contribution in [0.5, 0.6) is 23.0 Å². The first-order chi connectivity index (χ1) is 12.8. The van der Waals surface area contributed by atoms with Gasteiger partial charge >= 0.3 is 0 Å². The summed E-state index contributed by atoms with van der Waals surface area (Å²) >= 11 is 0. The Morgan fingerprint density at radius 3 is 1.69 bits per heavy atom. The highest BCUT2D eigenvalue weighted by Gasteiger charge is 2.20. The van der Waals surface area contributed by atoms with Crippen LogP contribution in [0.2, 0.25) is 0 Å². The van der Waals surface area contributed by atoms with Gasteiger partial charge in [-0.05, 0) is 30.3 Å². The third-order valence-corrected chi connectivity index (χ3v) is 3.53. The van der Waals surface area contributed by atoms with Crippen LogP contribution >= 0.6 is 0 Å². The largest absolute Gasteiger partial charge is 0.450 e. The number of ether oxygens (including phenoxy) is 2. The van der Waals surface area contributed by atoms with Gasteiger partial charge in [0.15, 0.2) is 28.8 Å². The summed E-state index contributed by atoms with van der Waals surface area (Å²) in [7, 11) is 0. The molecule has 1 heterocycles. The Kier molecular flexibility index (Phi) is 6.98. The molecule has 0 amide bonds. The smallest absolute Gasteiger partial charge is 0.193 e. The van der Waals surface area contributed by atoms with E-state index in [-0.39, 0.29) is 5.78 Å². The molecule has 0 spiro atoms. The maximum atomic E-state index is 12.5. The number of carbonyl (C=O) groups is 1. The molecule has 0 saturated heterocycles. The molecule has 4 rings (SSSR count). The highest BCUT2D eigenvalue weighted by molar-refractivity contribution is 6.09. The average molecular weight is 348 g/mol. The Morgan fingerprint density at radius 1 is 0.577 bits per heavy atom. The lowest BCUT2D eigenvalue weighted by atomic mass is 10.0. The van der Waals surface area contributed by atoms with Crippen molar-refractivity contribution in [3.8, 4) is 23.0 Å². The summed E-state index contributed by atoms with van der Waals surface area (Å²) in [5.41, 5.74) is 1.23. The number of benzene rings is 3. The van der Waals surface area contributed by atoms with Gasteiger partial charge in [-0.25, -0.2) is 0 Å². The van der Waals surface area contributed by atoms with E-state index >= 15 is 0 Å². The molecule has 0 fully saturated rings. The highest BCUT2D eigenvalue weighted by atomic mass is 16.6. The number of para-hydroxylation sites is 2. The first-order valence-electron chi connectivity index (χ1n) is 9.00. The minimum absolute atomic E-state index is 0.0362. The second kappa shape index (κ2) is 9.42. The van der Waals surface area contributed by atoms with Crippen LogP contribution in [-0.4, -0.2) is 5.78 Å². The number of rotatable bonds is 2. The Hall–Kier alpha value is -3.07. The number of carbonyl (C=O) groups excluding carboxylic acids is 1. The van der Waals surface area contributed by atoms with Crippen LogP contribution in [0.15, 0.2) is 72.8 Å². The zero-order valence-corrected chi connectivity index (χ0v) is 15.7. The summed E-state index contributed by atoms with van der Waals surface area (Å²) in [5.74, 6) is 2.46. The molecule has 0 saturated carbocycles. The third kappa shape index (κ3) is 4.12. The fourth-order valence-electron chi connectivity index (χ4n) is 2.43. The molecular formula is C23H24O3. The van der Waals surface area contributed by atoms with E-state index in [1.54, 1.807) is 30.3 Å². The van der Waals surface area contributed by atoms with Crippen molar-refractivity contribution in [1.29, 1.82) is 0 Å². The lowest BCUT2D eigenvalue weighted by Gasteiger charge is -2.20. The summed E-state index contributed by atoms with van der Waals surface area (Å²) in [4.78, 5) is 12.5. The van der Waals surface area contributed by atoms with Crippen LogP contribution < -0.4 is 9.47 Å². The van der Waals surface area contributed by atoms with Crippen molar-refractivity contribution in [3.63, 3.8) is 0 Å². The Bertz CT molecular complexity index is 854. The van der Waals surface area contributed by atoms with Crippen LogP contribution in [-0.2, 0) is 0 Å². The van der Waals surface area contributed by atoms with Gasteiger partial charge in [0, 0.05) is 11.1 Å². The summed E-state index contributed by atoms with van der Waals surface area (Å²) < 4.78 is 11.6. The van der Waals surface area contributed by atoms with E-state index in [0.29, 0.717) is 34.1 Å². The molecule has 3 aromatic rings. The minimum atomic E-state index is -0.0362. The zero-order chi connectivity index (χ0) is 18.9. The zero-order valence-electron chi connectivity index (χ0n) is 15.7. The maximum Gasteiger partial charge on any atom is 0.193 e. The summed E-state index contributed by atoms with van der Waals surface area (Å²) in [6.07, 6.45) is 0. The molecule has 0 unspecified atom stereocenters. The topological polar surface area (TPSA) is 35.5 Å². The number of fused-ring (bicyclic) bond motifs is 2. The first kappa shape index (κ1) is 19.3. The summed E-state index contributed by atoms with van der Waals surface area (Å²) in [6.45, 7) is 8.00. The van der Waals surface area contributed by atoms with Crippen LogP contribution in [0.3, 0.4) is 0 Å². The number of hydrogen-bond acceptors (Lipinski definition) is 3. The molecule has 0 bridgehead atoms. The molecule has 0 N–H and O–H groups in total. The van der Waals surface area contributed by atoms with Crippen molar-refractivity contribution in [2.24, 2.45) is 0 Å². The maximum absolute atomic E-state index is 12.5. The van der Waals surface area contributed by atoms with Gasteiger partial charge in [-0.3, -0.25) is 4.79 Å². The van der Waals surface area contributed by atoms with E-state index in [0.717, 1.165) is 0 Å². The van der Waals surface area contributed by atoms with Gasteiger partial charge in [0.05, 0.1) is 0 Å². The molecule has 0 radical (unpaired) electrons. The van der Waals surface area contributed by atoms with Crippen molar-refractivity contribution in [2.45, 2.75) is 27.7 Å². The average Bonchev–Trinajstić information content (AvgIpc) is 2.75. The molecule has 3 aromatic carbocycles. The predicted molar refractivity (Wildman–Crippen MR) is 106 cm³/mol. The van der Waals surface area contributed by atoms with E-state index in [1.165, 1.54) is 0 Å². The lowest BCUT2D eigenvalue weighted by molar-refractivity contribution is 0.103. The van der Waals surface area contributed by atoms with Crippen LogP contribution in [0.25, 0.3) is 0 Å². The number of hydrogen-bond donors (Lipinski definition) is 0. The van der Waals surface area contributed by atoms with Gasteiger partial charge < -0.3 is 9.47 Å². The normalized spacial score (nSPS) is 10.3. The van der Waals surface area contributed by atoms with Gasteiger partial charge in [-0.1, -0.05) is 70.2 Å². The predicted octanol–water partition coefficient (Wildman–Crippen LogP) is 6.87. The molecule has 3 nitrogen and oxygen atoms in total. The van der Waals surface area contributed by atoms with Crippen LogP contribution in [0, 0.1) is 0 Å². The van der Waals surface area contributed by atoms with Crippen LogP contribution in [0.4, 0.5) is 0 Å². The van der Waals surface area contributed by atoms with Crippen molar-refractivity contribution in [2.75, 3.05) is 0 Å². The van der Waals surface area contributed by atoms with Crippen molar-refractivity contribution >= 4 is 5.78 Å². The third-order valence-electron chi connectivity index (χ3n) is 3.53. The quantitative estimate of drug-likeness (QED) is 0.371.